The van der Waals surface area contributed by atoms with Crippen molar-refractivity contribution >= 4 is 17.2 Å². The van der Waals surface area contributed by atoms with Crippen LogP contribution in [-0.2, 0) is 17.6 Å². The van der Waals surface area contributed by atoms with Crippen LogP contribution in [0.4, 0.5) is 0 Å². The molecular formula is C23H24N2O3S. The van der Waals surface area contributed by atoms with E-state index >= 15 is 0 Å². The molecule has 1 aliphatic rings. The summed E-state index contributed by atoms with van der Waals surface area (Å²) in [5, 5.41) is 4.20. The van der Waals surface area contributed by atoms with E-state index in [1.807, 2.05) is 50.2 Å². The van der Waals surface area contributed by atoms with Crippen molar-refractivity contribution in [2.75, 3.05) is 13.2 Å². The Morgan fingerprint density at radius 2 is 1.86 bits per heavy atom. The molecule has 1 aromatic heterocycles. The van der Waals surface area contributed by atoms with E-state index in [4.69, 9.17) is 9.47 Å². The topological polar surface area (TPSA) is 60.5 Å². The number of nitrogens with one attached hydrogen (secondary N) is 1. The van der Waals surface area contributed by atoms with Crippen LogP contribution in [0.15, 0.2) is 48.5 Å². The molecule has 4 rings (SSSR count). The third-order valence-corrected chi connectivity index (χ3v) is 5.98. The number of aryl methyl sites for hydroxylation is 2. The first-order valence-electron chi connectivity index (χ1n) is 9.74. The van der Waals surface area contributed by atoms with Gasteiger partial charge >= 0.3 is 0 Å². The normalized spacial score (nSPS) is 13.7. The maximum Gasteiger partial charge on any atom is 0.225 e. The molecule has 1 amide bonds. The predicted molar refractivity (Wildman–Crippen MR) is 114 cm³/mol. The van der Waals surface area contributed by atoms with Gasteiger partial charge in [-0.15, -0.1) is 11.3 Å². The molecule has 0 radical (unpaired) electrons. The first kappa shape index (κ1) is 19.5. The van der Waals surface area contributed by atoms with Crippen molar-refractivity contribution < 1.29 is 14.3 Å². The third-order valence-electron chi connectivity index (χ3n) is 4.91. The number of benzene rings is 2. The zero-order valence-electron chi connectivity index (χ0n) is 16.6. The first-order chi connectivity index (χ1) is 14.1. The van der Waals surface area contributed by atoms with Gasteiger partial charge < -0.3 is 14.8 Å². The van der Waals surface area contributed by atoms with E-state index in [1.165, 1.54) is 0 Å². The van der Waals surface area contributed by atoms with Gasteiger partial charge in [-0.2, -0.15) is 0 Å². The number of ether oxygens (including phenoxy) is 2. The first-order valence-corrected chi connectivity index (χ1v) is 10.6. The fraction of sp³-hybridized carbons (Fsp3) is 0.304. The average Bonchev–Trinajstić information content (AvgIpc) is 3.04. The molecule has 0 unspecified atom stereocenters. The summed E-state index contributed by atoms with van der Waals surface area (Å²) in [6, 6.07) is 15.9. The van der Waals surface area contributed by atoms with Gasteiger partial charge in [0.05, 0.1) is 23.2 Å². The quantitative estimate of drug-likeness (QED) is 0.665. The maximum absolute atomic E-state index is 12.8. The summed E-state index contributed by atoms with van der Waals surface area (Å²) < 4.78 is 11.4. The molecule has 29 heavy (non-hydrogen) atoms. The fourth-order valence-electron chi connectivity index (χ4n) is 3.51. The second kappa shape index (κ2) is 8.66. The Kier molecular flexibility index (Phi) is 5.81. The molecule has 2 heterocycles. The highest BCUT2D eigenvalue weighted by molar-refractivity contribution is 7.11. The second-order valence-corrected chi connectivity index (χ2v) is 8.42. The Morgan fingerprint density at radius 1 is 1.10 bits per heavy atom. The summed E-state index contributed by atoms with van der Waals surface area (Å²) in [6.07, 6.45) is 1.04. The summed E-state index contributed by atoms with van der Waals surface area (Å²) in [4.78, 5) is 18.3. The van der Waals surface area contributed by atoms with Crippen molar-refractivity contribution in [3.8, 4) is 11.5 Å². The van der Waals surface area contributed by atoms with Crippen molar-refractivity contribution in [2.45, 2.75) is 32.7 Å². The Morgan fingerprint density at radius 3 is 2.59 bits per heavy atom. The lowest BCUT2D eigenvalue weighted by Gasteiger charge is -2.23. The number of hydrogen-bond donors (Lipinski definition) is 1. The summed E-state index contributed by atoms with van der Waals surface area (Å²) in [7, 11) is 0. The summed E-state index contributed by atoms with van der Waals surface area (Å²) in [5.41, 5.74) is 3.10. The number of rotatable bonds is 6. The van der Waals surface area contributed by atoms with E-state index in [1.54, 1.807) is 11.3 Å². The zero-order valence-corrected chi connectivity index (χ0v) is 17.4. The van der Waals surface area contributed by atoms with Crippen LogP contribution in [0.5, 0.6) is 11.5 Å². The number of aromatic nitrogens is 1. The fourth-order valence-corrected chi connectivity index (χ4v) is 4.44. The third kappa shape index (κ3) is 4.77. The average molecular weight is 409 g/mol. The van der Waals surface area contributed by atoms with Crippen molar-refractivity contribution in [2.24, 2.45) is 0 Å². The summed E-state index contributed by atoms with van der Waals surface area (Å²) in [5.74, 6) is 1.48. The molecule has 5 nitrogen and oxygen atoms in total. The molecule has 6 heteroatoms. The Bertz CT molecular complexity index is 1000. The number of carbonyl (C=O) groups excluding carboxylic acids is 1. The van der Waals surface area contributed by atoms with Crippen molar-refractivity contribution in [3.05, 3.63) is 75.2 Å². The Hall–Kier alpha value is -2.86. The van der Waals surface area contributed by atoms with Crippen molar-refractivity contribution in [1.29, 1.82) is 0 Å². The smallest absolute Gasteiger partial charge is 0.225 e. The monoisotopic (exact) mass is 408 g/mol. The lowest BCUT2D eigenvalue weighted by atomic mass is 9.98. The minimum Gasteiger partial charge on any atom is -0.486 e. The second-order valence-electron chi connectivity index (χ2n) is 7.13. The van der Waals surface area contributed by atoms with E-state index in [2.05, 4.69) is 22.4 Å². The Balaban J connectivity index is 1.56. The number of carbonyl (C=O) groups is 1. The number of hydrogen-bond acceptors (Lipinski definition) is 5. The molecule has 0 spiro atoms. The van der Waals surface area contributed by atoms with Crippen LogP contribution in [0.3, 0.4) is 0 Å². The van der Waals surface area contributed by atoms with Crippen LogP contribution in [0, 0.1) is 13.8 Å². The van der Waals surface area contributed by atoms with E-state index in [-0.39, 0.29) is 11.9 Å². The van der Waals surface area contributed by atoms with E-state index in [9.17, 15) is 4.79 Å². The molecule has 0 aliphatic carbocycles. The largest absolute Gasteiger partial charge is 0.486 e. The minimum atomic E-state index is -0.157. The molecule has 1 aliphatic heterocycles. The van der Waals surface area contributed by atoms with Gasteiger partial charge in [0.25, 0.3) is 0 Å². The lowest BCUT2D eigenvalue weighted by molar-refractivity contribution is -0.121. The maximum atomic E-state index is 12.8. The van der Waals surface area contributed by atoms with Gasteiger partial charge in [0.1, 0.15) is 13.2 Å². The van der Waals surface area contributed by atoms with Gasteiger partial charge in [-0.3, -0.25) is 4.79 Å². The SMILES string of the molecule is Cc1nc(C)c(CC(=O)N[C@H](Cc2ccccc2)c2ccc3c(c2)OCCO3)s1. The van der Waals surface area contributed by atoms with E-state index < -0.39 is 0 Å². The number of amides is 1. The van der Waals surface area contributed by atoms with E-state index in [0.29, 0.717) is 26.1 Å². The highest BCUT2D eigenvalue weighted by Crippen LogP contribution is 2.33. The molecular weight excluding hydrogens is 384 g/mol. The summed E-state index contributed by atoms with van der Waals surface area (Å²) >= 11 is 1.58. The number of nitrogens with zero attached hydrogens (tertiary/aromatic N) is 1. The van der Waals surface area contributed by atoms with Crippen LogP contribution in [0.2, 0.25) is 0 Å². The van der Waals surface area contributed by atoms with Gasteiger partial charge in [0, 0.05) is 4.88 Å². The highest BCUT2D eigenvalue weighted by atomic mass is 32.1. The van der Waals surface area contributed by atoms with Gasteiger partial charge in [0.15, 0.2) is 11.5 Å². The van der Waals surface area contributed by atoms with Gasteiger partial charge in [-0.25, -0.2) is 4.98 Å². The highest BCUT2D eigenvalue weighted by Gasteiger charge is 2.20. The molecule has 0 saturated carbocycles. The minimum absolute atomic E-state index is 0.00688. The molecule has 1 atom stereocenters. The van der Waals surface area contributed by atoms with Crippen LogP contribution in [0.1, 0.15) is 32.7 Å². The zero-order chi connectivity index (χ0) is 20.2. The van der Waals surface area contributed by atoms with Crippen molar-refractivity contribution in [3.63, 3.8) is 0 Å². The Labute approximate surface area is 174 Å². The summed E-state index contributed by atoms with van der Waals surface area (Å²) in [6.45, 7) is 5.02. The molecule has 0 fully saturated rings. The molecule has 150 valence electrons. The van der Waals surface area contributed by atoms with E-state index in [0.717, 1.165) is 38.2 Å². The molecule has 2 aromatic carbocycles. The standard InChI is InChI=1S/C23H24N2O3S/c1-15-22(29-16(2)24-15)14-23(26)25-19(12-17-6-4-3-5-7-17)18-8-9-20-21(13-18)28-11-10-27-20/h3-9,13,19H,10-12,14H2,1-2H3,(H,25,26)/t19-/m1/s1. The van der Waals surface area contributed by atoms with Gasteiger partial charge in [-0.05, 0) is 43.5 Å². The van der Waals surface area contributed by atoms with Crippen LogP contribution >= 0.6 is 11.3 Å². The molecule has 0 bridgehead atoms. The van der Waals surface area contributed by atoms with Crippen LogP contribution in [0.25, 0.3) is 0 Å². The lowest BCUT2D eigenvalue weighted by Crippen LogP contribution is -2.31. The predicted octanol–water partition coefficient (Wildman–Crippen LogP) is 4.17. The van der Waals surface area contributed by atoms with Crippen LogP contribution in [-0.4, -0.2) is 24.1 Å². The van der Waals surface area contributed by atoms with Gasteiger partial charge in [0.2, 0.25) is 5.91 Å². The molecule has 0 saturated heterocycles. The number of fused-ring (bicyclic) bond motifs is 1. The number of thiazole rings is 1. The van der Waals surface area contributed by atoms with Crippen LogP contribution < -0.4 is 14.8 Å². The van der Waals surface area contributed by atoms with Crippen molar-refractivity contribution in [1.82, 2.24) is 10.3 Å². The molecule has 1 N–H and O–H groups in total. The molecule has 3 aromatic rings. The van der Waals surface area contributed by atoms with Gasteiger partial charge in [-0.1, -0.05) is 36.4 Å².